The van der Waals surface area contributed by atoms with E-state index < -0.39 is 11.9 Å². The second kappa shape index (κ2) is 12.5. The quantitative estimate of drug-likeness (QED) is 0.118. The summed E-state index contributed by atoms with van der Waals surface area (Å²) >= 11 is 13.6. The number of hydrogen-bond donors (Lipinski definition) is 0. The molecule has 0 radical (unpaired) electrons. The average molecular weight is 622 g/mol. The van der Waals surface area contributed by atoms with Gasteiger partial charge in [0.25, 0.3) is 0 Å². The van der Waals surface area contributed by atoms with Crippen LogP contribution in [0.3, 0.4) is 0 Å². The maximum Gasteiger partial charge on any atom is 0.340 e. The zero-order valence-electron chi connectivity index (χ0n) is 14.8. The van der Waals surface area contributed by atoms with Gasteiger partial charge in [0.2, 0.25) is 0 Å². The minimum absolute atomic E-state index is 0.156. The molecule has 0 amide bonds. The summed E-state index contributed by atoms with van der Waals surface area (Å²) in [6.45, 7) is 4.78. The molecule has 0 heterocycles. The van der Waals surface area contributed by atoms with Crippen LogP contribution in [0.2, 0.25) is 0 Å². The highest BCUT2D eigenvalue weighted by molar-refractivity contribution is 9.15. The van der Waals surface area contributed by atoms with Crippen LogP contribution >= 0.6 is 63.7 Å². The Morgan fingerprint density at radius 1 is 0.654 bits per heavy atom. The molecule has 1 aromatic rings. The summed E-state index contributed by atoms with van der Waals surface area (Å²) in [5, 5.41) is 0. The van der Waals surface area contributed by atoms with Crippen molar-refractivity contribution in [3.8, 4) is 0 Å². The Hall–Kier alpha value is 0.0800. The maximum atomic E-state index is 12.6. The van der Waals surface area contributed by atoms with E-state index in [-0.39, 0.29) is 11.1 Å². The summed E-state index contributed by atoms with van der Waals surface area (Å²) in [5.41, 5.74) is 0.313. The van der Waals surface area contributed by atoms with Gasteiger partial charge >= 0.3 is 11.9 Å². The molecular weight excluding hydrogens is 600 g/mol. The predicted octanol–water partition coefficient (Wildman–Crippen LogP) is 7.43. The summed E-state index contributed by atoms with van der Waals surface area (Å²) in [4.78, 5) is 25.3. The molecular formula is C18H22Br4O4. The smallest absolute Gasteiger partial charge is 0.340 e. The van der Waals surface area contributed by atoms with Crippen LogP contribution < -0.4 is 0 Å². The van der Waals surface area contributed by atoms with Crippen LogP contribution in [0.15, 0.2) is 17.9 Å². The lowest BCUT2D eigenvalue weighted by atomic mass is 10.1. The highest BCUT2D eigenvalue weighted by atomic mass is 79.9. The largest absolute Gasteiger partial charge is 0.462 e. The molecule has 8 heteroatoms. The lowest BCUT2D eigenvalue weighted by Crippen LogP contribution is -2.17. The molecule has 0 bridgehead atoms. The average Bonchev–Trinajstić information content (AvgIpc) is 2.63. The molecule has 4 nitrogen and oxygen atoms in total. The lowest BCUT2D eigenvalue weighted by molar-refractivity contribution is 0.0449. The number of rotatable bonds is 10. The highest BCUT2D eigenvalue weighted by Gasteiger charge is 2.29. The fraction of sp³-hybridized carbons (Fsp3) is 0.556. The van der Waals surface area contributed by atoms with Crippen LogP contribution in [-0.2, 0) is 9.47 Å². The lowest BCUT2D eigenvalue weighted by Gasteiger charge is -2.16. The van der Waals surface area contributed by atoms with Crippen LogP contribution in [0.25, 0.3) is 0 Å². The van der Waals surface area contributed by atoms with Gasteiger partial charge in [-0.25, -0.2) is 9.59 Å². The van der Waals surface area contributed by atoms with E-state index in [0.717, 1.165) is 38.5 Å². The second-order valence-corrected chi connectivity index (χ2v) is 8.86. The van der Waals surface area contributed by atoms with Crippen molar-refractivity contribution < 1.29 is 19.1 Å². The molecule has 0 atom stereocenters. The molecule has 1 rings (SSSR count). The van der Waals surface area contributed by atoms with Gasteiger partial charge in [0.1, 0.15) is 0 Å². The number of carbonyl (C=O) groups is 2. The van der Waals surface area contributed by atoms with Crippen molar-refractivity contribution in [2.45, 2.75) is 52.4 Å². The second-order valence-electron chi connectivity index (χ2n) is 5.69. The topological polar surface area (TPSA) is 52.6 Å². The van der Waals surface area contributed by atoms with E-state index >= 15 is 0 Å². The first-order valence-electron chi connectivity index (χ1n) is 8.56. The van der Waals surface area contributed by atoms with E-state index in [9.17, 15) is 9.59 Å². The molecule has 0 aliphatic rings. The molecule has 146 valence electrons. The minimum Gasteiger partial charge on any atom is -0.462 e. The molecule has 0 unspecified atom stereocenters. The number of esters is 2. The van der Waals surface area contributed by atoms with Crippen molar-refractivity contribution in [1.82, 2.24) is 0 Å². The van der Waals surface area contributed by atoms with Crippen LogP contribution in [-0.4, -0.2) is 25.2 Å². The van der Waals surface area contributed by atoms with Gasteiger partial charge < -0.3 is 9.47 Å². The van der Waals surface area contributed by atoms with Gasteiger partial charge in [-0.15, -0.1) is 0 Å². The van der Waals surface area contributed by atoms with E-state index in [1.54, 1.807) is 0 Å². The molecule has 0 aliphatic heterocycles. The summed E-state index contributed by atoms with van der Waals surface area (Å²) in [5.74, 6) is -1.11. The molecule has 0 spiro atoms. The Bertz CT molecular complexity index is 592. The van der Waals surface area contributed by atoms with Crippen molar-refractivity contribution in [3.05, 3.63) is 29.0 Å². The van der Waals surface area contributed by atoms with E-state index in [1.807, 2.05) is 0 Å². The first-order chi connectivity index (χ1) is 12.4. The van der Waals surface area contributed by atoms with Gasteiger partial charge in [-0.05, 0) is 76.6 Å². The Balaban J connectivity index is 3.13. The third kappa shape index (κ3) is 6.60. The number of ether oxygens (including phenoxy) is 2. The third-order valence-corrected chi connectivity index (χ3v) is 8.41. The molecule has 26 heavy (non-hydrogen) atoms. The third-order valence-electron chi connectivity index (χ3n) is 3.64. The fourth-order valence-corrected chi connectivity index (χ4v) is 4.64. The van der Waals surface area contributed by atoms with Crippen molar-refractivity contribution in [2.24, 2.45) is 0 Å². The van der Waals surface area contributed by atoms with Crippen LogP contribution in [0.4, 0.5) is 0 Å². The zero-order chi connectivity index (χ0) is 19.7. The predicted molar refractivity (Wildman–Crippen MR) is 117 cm³/mol. The van der Waals surface area contributed by atoms with E-state index in [1.165, 1.54) is 0 Å². The number of halogens is 4. The Labute approximate surface area is 188 Å². The van der Waals surface area contributed by atoms with Gasteiger partial charge in [0.05, 0.1) is 24.3 Å². The molecule has 0 aromatic heterocycles. The molecule has 0 saturated heterocycles. The van der Waals surface area contributed by atoms with Crippen LogP contribution in [0.1, 0.15) is 73.1 Å². The minimum atomic E-state index is -0.553. The van der Waals surface area contributed by atoms with E-state index in [2.05, 4.69) is 77.6 Å². The molecule has 0 aliphatic carbocycles. The number of carbonyl (C=O) groups excluding carboxylic acids is 2. The van der Waals surface area contributed by atoms with Crippen molar-refractivity contribution in [3.63, 3.8) is 0 Å². The molecule has 0 N–H and O–H groups in total. The Kier molecular flexibility index (Phi) is 11.6. The van der Waals surface area contributed by atoms with Crippen LogP contribution in [0.5, 0.6) is 0 Å². The van der Waals surface area contributed by atoms with Gasteiger partial charge in [0, 0.05) is 17.9 Å². The summed E-state index contributed by atoms with van der Waals surface area (Å²) in [6.07, 6.45) is 5.60. The Morgan fingerprint density at radius 2 is 1.00 bits per heavy atom. The van der Waals surface area contributed by atoms with Crippen LogP contribution in [0, 0.1) is 0 Å². The standard InChI is InChI=1S/C18H22Br4O4/c1-3-5-7-9-25-17(23)11-12(18(24)26-10-8-6-4-2)14(20)16(22)15(21)13(11)19/h3-10H2,1-2H3. The zero-order valence-corrected chi connectivity index (χ0v) is 21.1. The molecule has 1 aromatic carbocycles. The Morgan fingerprint density at radius 3 is 1.31 bits per heavy atom. The summed E-state index contributed by atoms with van der Waals surface area (Å²) < 4.78 is 12.9. The number of hydrogen-bond acceptors (Lipinski definition) is 4. The monoisotopic (exact) mass is 618 g/mol. The number of benzene rings is 1. The normalized spacial score (nSPS) is 10.7. The highest BCUT2D eigenvalue weighted by Crippen LogP contribution is 2.42. The van der Waals surface area contributed by atoms with E-state index in [4.69, 9.17) is 9.47 Å². The van der Waals surface area contributed by atoms with E-state index in [0.29, 0.717) is 31.1 Å². The van der Waals surface area contributed by atoms with Gasteiger partial charge in [-0.1, -0.05) is 39.5 Å². The van der Waals surface area contributed by atoms with Crippen molar-refractivity contribution in [1.29, 1.82) is 0 Å². The van der Waals surface area contributed by atoms with Gasteiger partial charge in [-0.3, -0.25) is 0 Å². The molecule has 0 saturated carbocycles. The number of unbranched alkanes of at least 4 members (excludes halogenated alkanes) is 4. The van der Waals surface area contributed by atoms with Crippen molar-refractivity contribution >= 4 is 75.7 Å². The first-order valence-corrected chi connectivity index (χ1v) is 11.7. The van der Waals surface area contributed by atoms with Gasteiger partial charge in [0.15, 0.2) is 0 Å². The van der Waals surface area contributed by atoms with Gasteiger partial charge in [-0.2, -0.15) is 0 Å². The maximum absolute atomic E-state index is 12.6. The van der Waals surface area contributed by atoms with Crippen molar-refractivity contribution in [2.75, 3.05) is 13.2 Å². The molecule has 0 fully saturated rings. The first kappa shape index (κ1) is 24.1. The summed E-state index contributed by atoms with van der Waals surface area (Å²) in [6, 6.07) is 0. The SMILES string of the molecule is CCCCCOC(=O)c1c(Br)c(Br)c(Br)c(Br)c1C(=O)OCCCCC. The summed E-state index contributed by atoms with van der Waals surface area (Å²) in [7, 11) is 0. The fourth-order valence-electron chi connectivity index (χ4n) is 2.19.